The number of carbonyl (C=O) groups excluding carboxylic acids is 2. The summed E-state index contributed by atoms with van der Waals surface area (Å²) >= 11 is 0. The summed E-state index contributed by atoms with van der Waals surface area (Å²) in [4.78, 5) is 25.7. The smallest absolute Gasteiger partial charge is 0.352 e. The number of halogens is 3. The van der Waals surface area contributed by atoms with Gasteiger partial charge in [-0.1, -0.05) is 31.9 Å². The molecule has 0 heterocycles. The van der Waals surface area contributed by atoms with Gasteiger partial charge in [0.25, 0.3) is 0 Å². The highest BCUT2D eigenvalue weighted by molar-refractivity contribution is 5.93. The van der Waals surface area contributed by atoms with Gasteiger partial charge in [0.15, 0.2) is 0 Å². The Kier molecular flexibility index (Phi) is 7.24. The zero-order valence-corrected chi connectivity index (χ0v) is 15.6. The number of likely N-dealkylation sites (N-methyl/N-ethyl adjacent to an activating group) is 1. The summed E-state index contributed by atoms with van der Waals surface area (Å²) in [7, 11) is 1.58. The minimum atomic E-state index is -4.55. The van der Waals surface area contributed by atoms with Crippen LogP contribution in [0.3, 0.4) is 0 Å². The molecule has 0 aliphatic heterocycles. The highest BCUT2D eigenvalue weighted by Crippen LogP contribution is 2.34. The lowest BCUT2D eigenvalue weighted by atomic mass is 9.86. The van der Waals surface area contributed by atoms with Crippen molar-refractivity contribution in [2.75, 3.05) is 25.5 Å². The van der Waals surface area contributed by atoms with Crippen LogP contribution in [-0.2, 0) is 15.8 Å². The summed E-state index contributed by atoms with van der Waals surface area (Å²) in [5.74, 6) is -0.358. The Morgan fingerprint density at radius 1 is 1.11 bits per heavy atom. The lowest BCUT2D eigenvalue weighted by Crippen LogP contribution is -2.46. The highest BCUT2D eigenvalue weighted by atomic mass is 19.4. The molecule has 0 radical (unpaired) electrons. The SMILES string of the molecule is C[C@H]1CCCC[C@@H]1NC(=O)CN(C)CC(=O)Nc1ccccc1C(F)(F)F. The number of carbonyl (C=O) groups is 2. The van der Waals surface area contributed by atoms with E-state index >= 15 is 0 Å². The lowest BCUT2D eigenvalue weighted by Gasteiger charge is -2.30. The van der Waals surface area contributed by atoms with Crippen LogP contribution in [0, 0.1) is 5.92 Å². The van der Waals surface area contributed by atoms with Crippen LogP contribution in [0.4, 0.5) is 18.9 Å². The van der Waals surface area contributed by atoms with Gasteiger partial charge < -0.3 is 10.6 Å². The predicted molar refractivity (Wildman–Crippen MR) is 97.1 cm³/mol. The Morgan fingerprint density at radius 3 is 2.41 bits per heavy atom. The molecule has 2 rings (SSSR count). The lowest BCUT2D eigenvalue weighted by molar-refractivity contribution is -0.137. The molecule has 5 nitrogen and oxygen atoms in total. The van der Waals surface area contributed by atoms with Crippen LogP contribution in [0.2, 0.25) is 0 Å². The molecule has 0 saturated heterocycles. The quantitative estimate of drug-likeness (QED) is 0.790. The van der Waals surface area contributed by atoms with Crippen LogP contribution in [0.15, 0.2) is 24.3 Å². The van der Waals surface area contributed by atoms with Crippen molar-refractivity contribution >= 4 is 17.5 Å². The molecule has 1 aromatic rings. The van der Waals surface area contributed by atoms with Gasteiger partial charge in [-0.05, 0) is 37.9 Å². The van der Waals surface area contributed by atoms with Crippen LogP contribution in [-0.4, -0.2) is 42.9 Å². The maximum Gasteiger partial charge on any atom is 0.418 e. The van der Waals surface area contributed by atoms with Gasteiger partial charge in [-0.3, -0.25) is 14.5 Å². The number of alkyl halides is 3. The van der Waals surface area contributed by atoms with Gasteiger partial charge in [0.1, 0.15) is 0 Å². The van der Waals surface area contributed by atoms with Crippen molar-refractivity contribution in [3.05, 3.63) is 29.8 Å². The number of nitrogens with one attached hydrogen (secondary N) is 2. The van der Waals surface area contributed by atoms with Crippen LogP contribution >= 0.6 is 0 Å². The van der Waals surface area contributed by atoms with Crippen molar-refractivity contribution in [2.24, 2.45) is 5.92 Å². The van der Waals surface area contributed by atoms with E-state index in [-0.39, 0.29) is 30.7 Å². The number of amides is 2. The molecule has 150 valence electrons. The molecule has 0 spiro atoms. The Hall–Kier alpha value is -2.09. The zero-order chi connectivity index (χ0) is 20.0. The third kappa shape index (κ3) is 6.53. The second-order valence-corrected chi connectivity index (χ2v) is 7.20. The van der Waals surface area contributed by atoms with Crippen LogP contribution in [0.1, 0.15) is 38.2 Å². The third-order valence-corrected chi connectivity index (χ3v) is 4.79. The van der Waals surface area contributed by atoms with Crippen LogP contribution < -0.4 is 10.6 Å². The van der Waals surface area contributed by atoms with Crippen LogP contribution in [0.5, 0.6) is 0 Å². The fraction of sp³-hybridized carbons (Fsp3) is 0.579. The van der Waals surface area contributed by atoms with E-state index in [4.69, 9.17) is 0 Å². The number of nitrogens with zero attached hydrogens (tertiary/aromatic N) is 1. The average Bonchev–Trinajstić information content (AvgIpc) is 2.56. The molecule has 27 heavy (non-hydrogen) atoms. The van der Waals surface area contributed by atoms with Gasteiger partial charge in [0.2, 0.25) is 11.8 Å². The van der Waals surface area contributed by atoms with Gasteiger partial charge >= 0.3 is 6.18 Å². The molecule has 8 heteroatoms. The van der Waals surface area contributed by atoms with Crippen molar-refractivity contribution in [3.8, 4) is 0 Å². The van der Waals surface area contributed by atoms with E-state index in [1.807, 2.05) is 0 Å². The number of benzene rings is 1. The van der Waals surface area contributed by atoms with E-state index in [2.05, 4.69) is 17.6 Å². The molecule has 0 aromatic heterocycles. The Morgan fingerprint density at radius 2 is 1.74 bits per heavy atom. The van der Waals surface area contributed by atoms with Gasteiger partial charge in [-0.25, -0.2) is 0 Å². The van der Waals surface area contributed by atoms with Crippen molar-refractivity contribution in [3.63, 3.8) is 0 Å². The summed E-state index contributed by atoms with van der Waals surface area (Å²) < 4.78 is 38.9. The largest absolute Gasteiger partial charge is 0.418 e. The number of hydrogen-bond donors (Lipinski definition) is 2. The van der Waals surface area contributed by atoms with E-state index in [0.717, 1.165) is 25.3 Å². The summed E-state index contributed by atoms with van der Waals surface area (Å²) in [6.07, 6.45) is -0.251. The summed E-state index contributed by atoms with van der Waals surface area (Å²) in [6.45, 7) is 1.94. The fourth-order valence-corrected chi connectivity index (χ4v) is 3.36. The normalized spacial score (nSPS) is 20.4. The molecule has 2 N–H and O–H groups in total. The Bertz CT molecular complexity index is 664. The number of para-hydroxylation sites is 1. The summed E-state index contributed by atoms with van der Waals surface area (Å²) in [5, 5.41) is 5.27. The second kappa shape index (κ2) is 9.21. The van der Waals surface area contributed by atoms with Gasteiger partial charge in [-0.15, -0.1) is 0 Å². The molecule has 1 aliphatic rings. The molecule has 2 atom stereocenters. The third-order valence-electron chi connectivity index (χ3n) is 4.79. The number of anilines is 1. The molecular formula is C19H26F3N3O2. The Labute approximate surface area is 157 Å². The first kappa shape index (κ1) is 21.2. The first-order chi connectivity index (χ1) is 12.7. The molecule has 1 aliphatic carbocycles. The fourth-order valence-electron chi connectivity index (χ4n) is 3.36. The molecule has 1 saturated carbocycles. The van der Waals surface area contributed by atoms with E-state index < -0.39 is 17.6 Å². The van der Waals surface area contributed by atoms with Crippen molar-refractivity contribution in [1.29, 1.82) is 0 Å². The number of rotatable bonds is 6. The van der Waals surface area contributed by atoms with Gasteiger partial charge in [0.05, 0.1) is 24.3 Å². The van der Waals surface area contributed by atoms with E-state index in [1.165, 1.54) is 29.5 Å². The molecule has 2 amide bonds. The van der Waals surface area contributed by atoms with E-state index in [1.54, 1.807) is 7.05 Å². The second-order valence-electron chi connectivity index (χ2n) is 7.20. The average molecular weight is 385 g/mol. The molecular weight excluding hydrogens is 359 g/mol. The summed E-state index contributed by atoms with van der Waals surface area (Å²) in [6, 6.07) is 4.96. The first-order valence-electron chi connectivity index (χ1n) is 9.11. The van der Waals surface area contributed by atoms with Gasteiger partial charge in [0, 0.05) is 6.04 Å². The molecule has 1 fully saturated rings. The topological polar surface area (TPSA) is 61.4 Å². The molecule has 1 aromatic carbocycles. The van der Waals surface area contributed by atoms with Crippen molar-refractivity contribution in [1.82, 2.24) is 10.2 Å². The Balaban J connectivity index is 1.84. The van der Waals surface area contributed by atoms with Crippen LogP contribution in [0.25, 0.3) is 0 Å². The first-order valence-corrected chi connectivity index (χ1v) is 9.11. The predicted octanol–water partition coefficient (Wildman–Crippen LogP) is 3.27. The maximum absolute atomic E-state index is 13.0. The standard InChI is InChI=1S/C19H26F3N3O2/c1-13-7-3-5-9-15(13)23-17(26)11-25(2)12-18(27)24-16-10-6-4-8-14(16)19(20,21)22/h4,6,8,10,13,15H,3,5,7,9,11-12H2,1-2H3,(H,23,26)(H,24,27)/t13-,15-/m0/s1. The van der Waals surface area contributed by atoms with Gasteiger partial charge in [-0.2, -0.15) is 13.2 Å². The highest BCUT2D eigenvalue weighted by Gasteiger charge is 2.33. The monoisotopic (exact) mass is 385 g/mol. The summed E-state index contributed by atoms with van der Waals surface area (Å²) in [5.41, 5.74) is -1.19. The molecule has 0 unspecified atom stereocenters. The van der Waals surface area contributed by atoms with E-state index in [9.17, 15) is 22.8 Å². The minimum Gasteiger partial charge on any atom is -0.352 e. The van der Waals surface area contributed by atoms with E-state index in [0.29, 0.717) is 5.92 Å². The maximum atomic E-state index is 13.0. The minimum absolute atomic E-state index is 0.0115. The van der Waals surface area contributed by atoms with Crippen molar-refractivity contribution < 1.29 is 22.8 Å². The van der Waals surface area contributed by atoms with Crippen molar-refractivity contribution in [2.45, 2.75) is 44.8 Å². The number of hydrogen-bond acceptors (Lipinski definition) is 3. The molecule has 0 bridgehead atoms. The zero-order valence-electron chi connectivity index (χ0n) is 15.6.